The van der Waals surface area contributed by atoms with Crippen molar-refractivity contribution in [1.82, 2.24) is 15.0 Å². The van der Waals surface area contributed by atoms with Gasteiger partial charge < -0.3 is 14.9 Å². The maximum Gasteiger partial charge on any atom is 0.201 e. The Balaban J connectivity index is 2.07. The van der Waals surface area contributed by atoms with Crippen LogP contribution in [0.2, 0.25) is 0 Å². The zero-order chi connectivity index (χ0) is 20.3. The zero-order valence-electron chi connectivity index (χ0n) is 15.3. The Morgan fingerprint density at radius 1 is 1.29 bits per heavy atom. The highest BCUT2D eigenvalue weighted by atomic mass is 32.2. The Bertz CT molecular complexity index is 1010. The summed E-state index contributed by atoms with van der Waals surface area (Å²) >= 11 is -1.53. The van der Waals surface area contributed by atoms with Gasteiger partial charge in [-0.3, -0.25) is 4.79 Å². The van der Waals surface area contributed by atoms with Gasteiger partial charge in [0.2, 0.25) is 5.78 Å². The maximum absolute atomic E-state index is 14.9. The first-order valence-electron chi connectivity index (χ1n) is 8.71. The van der Waals surface area contributed by atoms with Gasteiger partial charge in [0, 0.05) is 12.7 Å². The van der Waals surface area contributed by atoms with Crippen LogP contribution in [0.5, 0.6) is 0 Å². The van der Waals surface area contributed by atoms with E-state index in [-0.39, 0.29) is 11.3 Å². The number of halogens is 2. The van der Waals surface area contributed by atoms with Gasteiger partial charge in [0.05, 0.1) is 27.9 Å². The molecule has 2 aromatic heterocycles. The summed E-state index contributed by atoms with van der Waals surface area (Å²) < 4.78 is 43.7. The lowest BCUT2D eigenvalue weighted by molar-refractivity contribution is 0.103. The number of rotatable bonds is 8. The van der Waals surface area contributed by atoms with Gasteiger partial charge in [0.15, 0.2) is 5.82 Å². The van der Waals surface area contributed by atoms with Crippen LogP contribution in [0.1, 0.15) is 36.2 Å². The third kappa shape index (κ3) is 3.78. The molecule has 3 N–H and O–H groups in total. The largest absolute Gasteiger partial charge is 0.593 e. The average Bonchev–Trinajstić information content (AvgIpc) is 3.10. The molecule has 28 heavy (non-hydrogen) atoms. The lowest BCUT2D eigenvalue weighted by Gasteiger charge is -2.13. The topological polar surface area (TPSA) is 106 Å². The van der Waals surface area contributed by atoms with E-state index < -0.39 is 34.3 Å². The monoisotopic (exact) mass is 407 g/mol. The summed E-state index contributed by atoms with van der Waals surface area (Å²) in [4.78, 5) is 24.0. The molecule has 0 bridgehead atoms. The van der Waals surface area contributed by atoms with Gasteiger partial charge in [-0.05, 0) is 25.5 Å². The van der Waals surface area contributed by atoms with Crippen molar-refractivity contribution < 1.29 is 18.1 Å². The van der Waals surface area contributed by atoms with Crippen molar-refractivity contribution in [3.05, 3.63) is 47.4 Å². The summed E-state index contributed by atoms with van der Waals surface area (Å²) in [5, 5.41) is 3.35. The molecule has 0 fully saturated rings. The fourth-order valence-corrected chi connectivity index (χ4v) is 3.65. The molecular weight excluding hydrogens is 388 g/mol. The molecular formula is C18H19F2N5O2S. The molecule has 10 heteroatoms. The van der Waals surface area contributed by atoms with Gasteiger partial charge in [0.1, 0.15) is 35.0 Å². The number of aromatic amines is 1. The number of H-pyrrole nitrogens is 1. The van der Waals surface area contributed by atoms with Gasteiger partial charge in [-0.15, -0.1) is 0 Å². The van der Waals surface area contributed by atoms with Crippen LogP contribution in [0.25, 0.3) is 11.0 Å². The van der Waals surface area contributed by atoms with E-state index in [1.807, 2.05) is 13.8 Å². The van der Waals surface area contributed by atoms with Crippen molar-refractivity contribution in [2.75, 3.05) is 22.3 Å². The van der Waals surface area contributed by atoms with Crippen LogP contribution in [-0.4, -0.2) is 37.6 Å². The molecule has 7 nitrogen and oxygen atoms in total. The van der Waals surface area contributed by atoms with Crippen LogP contribution in [0.15, 0.2) is 24.7 Å². The minimum absolute atomic E-state index is 0.0381. The fourth-order valence-electron chi connectivity index (χ4n) is 2.78. The first-order valence-corrected chi connectivity index (χ1v) is 10.0. The molecule has 1 atom stereocenters. The Hall–Kier alpha value is -2.72. The average molecular weight is 407 g/mol. The summed E-state index contributed by atoms with van der Waals surface area (Å²) in [6.45, 7) is 4.22. The number of carbonyl (C=O) groups is 1. The molecule has 0 saturated heterocycles. The van der Waals surface area contributed by atoms with Gasteiger partial charge in [0.25, 0.3) is 0 Å². The second-order valence-corrected chi connectivity index (χ2v) is 7.25. The fraction of sp³-hybridized carbons (Fsp3) is 0.278. The number of nitrogens with one attached hydrogen (secondary N) is 3. The van der Waals surface area contributed by atoms with E-state index in [1.165, 1.54) is 12.5 Å². The summed E-state index contributed by atoms with van der Waals surface area (Å²) in [6.07, 6.45) is 3.29. The van der Waals surface area contributed by atoms with E-state index >= 15 is 0 Å². The maximum atomic E-state index is 14.9. The molecule has 1 unspecified atom stereocenters. The molecule has 0 spiro atoms. The quantitative estimate of drug-likeness (QED) is 0.390. The number of carbonyl (C=O) groups excluding carboxylic acids is 1. The van der Waals surface area contributed by atoms with Crippen LogP contribution in [-0.2, 0) is 11.4 Å². The molecule has 0 amide bonds. The number of anilines is 2. The van der Waals surface area contributed by atoms with Gasteiger partial charge in [-0.2, -0.15) is 0 Å². The lowest BCUT2D eigenvalue weighted by Crippen LogP contribution is -2.18. The third-order valence-electron chi connectivity index (χ3n) is 3.99. The highest BCUT2D eigenvalue weighted by Crippen LogP contribution is 2.29. The SMILES string of the molecule is CCC[S+]([O-])Nc1ccc(F)c(C(=O)c2c[nH]c3ncnc(NCC)c23)c1F. The molecule has 1 aromatic carbocycles. The second-order valence-electron chi connectivity index (χ2n) is 5.94. The van der Waals surface area contributed by atoms with Crippen LogP contribution in [0, 0.1) is 11.6 Å². The van der Waals surface area contributed by atoms with Crippen molar-refractivity contribution in [3.63, 3.8) is 0 Å². The predicted molar refractivity (Wildman–Crippen MR) is 105 cm³/mol. The van der Waals surface area contributed by atoms with Crippen molar-refractivity contribution in [2.45, 2.75) is 20.3 Å². The van der Waals surface area contributed by atoms with E-state index in [1.54, 1.807) is 0 Å². The smallest absolute Gasteiger partial charge is 0.201 e. The summed E-state index contributed by atoms with van der Waals surface area (Å²) in [5.41, 5.74) is -0.519. The standard InChI is InChI=1S/C18H19F2N5O2S/c1-3-7-28(27)25-12-6-5-11(19)14(15(12)20)16(26)10-8-22-18-13(10)17(21-4-2)23-9-24-18/h5-6,8-9,25H,3-4,7H2,1-2H3,(H2,21,22,23,24). The Morgan fingerprint density at radius 2 is 2.07 bits per heavy atom. The third-order valence-corrected chi connectivity index (χ3v) is 5.22. The van der Waals surface area contributed by atoms with Crippen molar-refractivity contribution in [3.8, 4) is 0 Å². The molecule has 0 aliphatic rings. The molecule has 0 aliphatic carbocycles. The van der Waals surface area contributed by atoms with Crippen molar-refractivity contribution in [1.29, 1.82) is 0 Å². The number of nitrogens with zero attached hydrogens (tertiary/aromatic N) is 2. The molecule has 3 rings (SSSR count). The highest BCUT2D eigenvalue weighted by Gasteiger charge is 2.26. The summed E-state index contributed by atoms with van der Waals surface area (Å²) in [5.74, 6) is -2.28. The van der Waals surface area contributed by atoms with Crippen LogP contribution in [0.3, 0.4) is 0 Å². The zero-order valence-corrected chi connectivity index (χ0v) is 16.1. The van der Waals surface area contributed by atoms with E-state index in [0.717, 1.165) is 12.1 Å². The Labute approximate surface area is 163 Å². The number of fused-ring (bicyclic) bond motifs is 1. The van der Waals surface area contributed by atoms with Crippen molar-refractivity contribution in [2.24, 2.45) is 0 Å². The molecule has 0 radical (unpaired) electrons. The van der Waals surface area contributed by atoms with E-state index in [0.29, 0.717) is 35.6 Å². The van der Waals surface area contributed by atoms with E-state index in [9.17, 15) is 18.1 Å². The minimum Gasteiger partial charge on any atom is -0.593 e. The van der Waals surface area contributed by atoms with E-state index in [2.05, 4.69) is 25.0 Å². The van der Waals surface area contributed by atoms with E-state index in [4.69, 9.17) is 0 Å². The normalized spacial score (nSPS) is 12.2. The molecule has 2 heterocycles. The van der Waals surface area contributed by atoms with Crippen LogP contribution < -0.4 is 10.0 Å². The van der Waals surface area contributed by atoms with Gasteiger partial charge >= 0.3 is 0 Å². The summed E-state index contributed by atoms with van der Waals surface area (Å²) in [6, 6.07) is 2.09. The Morgan fingerprint density at radius 3 is 2.79 bits per heavy atom. The van der Waals surface area contributed by atoms with Crippen LogP contribution >= 0.6 is 0 Å². The molecule has 3 aromatic rings. The molecule has 0 saturated carbocycles. The number of benzene rings is 1. The second kappa shape index (κ2) is 8.53. The lowest BCUT2D eigenvalue weighted by atomic mass is 10.0. The highest BCUT2D eigenvalue weighted by molar-refractivity contribution is 7.92. The molecule has 148 valence electrons. The number of ketones is 1. The van der Waals surface area contributed by atoms with Crippen LogP contribution in [0.4, 0.5) is 20.3 Å². The van der Waals surface area contributed by atoms with Crippen molar-refractivity contribution >= 4 is 39.7 Å². The summed E-state index contributed by atoms with van der Waals surface area (Å²) in [7, 11) is 0. The minimum atomic E-state index is -1.53. The Kier molecular flexibility index (Phi) is 6.10. The number of hydrogen-bond acceptors (Lipinski definition) is 6. The molecule has 0 aliphatic heterocycles. The van der Waals surface area contributed by atoms with Gasteiger partial charge in [-0.25, -0.2) is 23.5 Å². The first kappa shape index (κ1) is 20.0. The number of hydrogen-bond donors (Lipinski definition) is 3. The number of aromatic nitrogens is 3. The first-order chi connectivity index (χ1) is 13.5. The van der Waals surface area contributed by atoms with Gasteiger partial charge in [-0.1, -0.05) is 6.92 Å². The predicted octanol–water partition coefficient (Wildman–Crippen LogP) is 3.38.